The predicted octanol–water partition coefficient (Wildman–Crippen LogP) is 3.18. The molecule has 0 aliphatic carbocycles. The van der Waals surface area contributed by atoms with Gasteiger partial charge in [-0.05, 0) is 30.7 Å². The lowest BCUT2D eigenvalue weighted by Gasteiger charge is -2.07. The first-order valence-corrected chi connectivity index (χ1v) is 7.77. The van der Waals surface area contributed by atoms with Crippen LogP contribution in [0.4, 0.5) is 5.69 Å². The zero-order chi connectivity index (χ0) is 17.8. The molecular formula is C17H16N4O4. The maximum atomic E-state index is 12.4. The van der Waals surface area contributed by atoms with Gasteiger partial charge in [-0.1, -0.05) is 6.92 Å². The van der Waals surface area contributed by atoms with E-state index in [4.69, 9.17) is 4.42 Å². The zero-order valence-corrected chi connectivity index (χ0v) is 13.5. The minimum Gasteiger partial charge on any atom is -0.463 e. The minimum absolute atomic E-state index is 0.0286. The Morgan fingerprint density at radius 3 is 2.68 bits per heavy atom. The molecule has 1 amide bonds. The lowest BCUT2D eigenvalue weighted by molar-refractivity contribution is -0.384. The molecule has 2 heterocycles. The van der Waals surface area contributed by atoms with Crippen LogP contribution < -0.4 is 5.32 Å². The van der Waals surface area contributed by atoms with Gasteiger partial charge in [0.25, 0.3) is 11.6 Å². The van der Waals surface area contributed by atoms with Crippen LogP contribution >= 0.6 is 0 Å². The summed E-state index contributed by atoms with van der Waals surface area (Å²) in [7, 11) is 0. The van der Waals surface area contributed by atoms with Gasteiger partial charge in [0, 0.05) is 24.7 Å². The number of nitrogens with zero attached hydrogens (tertiary/aromatic N) is 3. The number of benzene rings is 1. The van der Waals surface area contributed by atoms with Crippen LogP contribution in [0.2, 0.25) is 0 Å². The van der Waals surface area contributed by atoms with E-state index in [0.717, 1.165) is 6.42 Å². The SMILES string of the molecule is CCCNC(=O)c1cc(-c2ccco2)nn1-c1ccc([N+](=O)[O-])cc1. The van der Waals surface area contributed by atoms with Crippen LogP contribution in [0.25, 0.3) is 17.1 Å². The Bertz CT molecular complexity index is 882. The van der Waals surface area contributed by atoms with E-state index in [-0.39, 0.29) is 11.6 Å². The number of hydrogen-bond donors (Lipinski definition) is 1. The first-order valence-electron chi connectivity index (χ1n) is 7.77. The van der Waals surface area contributed by atoms with E-state index >= 15 is 0 Å². The molecule has 25 heavy (non-hydrogen) atoms. The lowest BCUT2D eigenvalue weighted by Crippen LogP contribution is -2.26. The third-order valence-corrected chi connectivity index (χ3v) is 3.56. The van der Waals surface area contributed by atoms with E-state index in [1.807, 2.05) is 6.92 Å². The van der Waals surface area contributed by atoms with E-state index in [9.17, 15) is 14.9 Å². The molecule has 0 aliphatic rings. The van der Waals surface area contributed by atoms with E-state index in [2.05, 4.69) is 10.4 Å². The van der Waals surface area contributed by atoms with Crippen molar-refractivity contribution in [2.24, 2.45) is 0 Å². The van der Waals surface area contributed by atoms with Crippen molar-refractivity contribution in [3.05, 3.63) is 64.5 Å². The van der Waals surface area contributed by atoms with Crippen LogP contribution in [0, 0.1) is 10.1 Å². The van der Waals surface area contributed by atoms with Crippen molar-refractivity contribution in [3.8, 4) is 17.1 Å². The number of carbonyl (C=O) groups is 1. The lowest BCUT2D eigenvalue weighted by atomic mass is 10.2. The highest BCUT2D eigenvalue weighted by Crippen LogP contribution is 2.23. The zero-order valence-electron chi connectivity index (χ0n) is 13.5. The molecule has 0 radical (unpaired) electrons. The number of rotatable bonds is 6. The highest BCUT2D eigenvalue weighted by Gasteiger charge is 2.19. The summed E-state index contributed by atoms with van der Waals surface area (Å²) in [5.41, 5.74) is 1.35. The van der Waals surface area contributed by atoms with Crippen LogP contribution in [-0.4, -0.2) is 27.2 Å². The Kier molecular flexibility index (Phi) is 4.60. The number of carbonyl (C=O) groups excluding carboxylic acids is 1. The van der Waals surface area contributed by atoms with Crippen LogP contribution in [0.15, 0.2) is 53.1 Å². The van der Waals surface area contributed by atoms with Gasteiger partial charge in [0.2, 0.25) is 0 Å². The molecule has 3 aromatic rings. The summed E-state index contributed by atoms with van der Waals surface area (Å²) < 4.78 is 6.79. The summed E-state index contributed by atoms with van der Waals surface area (Å²) >= 11 is 0. The maximum Gasteiger partial charge on any atom is 0.270 e. The Morgan fingerprint density at radius 1 is 1.32 bits per heavy atom. The molecule has 128 valence electrons. The van der Waals surface area contributed by atoms with Gasteiger partial charge in [-0.3, -0.25) is 14.9 Å². The minimum atomic E-state index is -0.476. The predicted molar refractivity (Wildman–Crippen MR) is 90.5 cm³/mol. The molecule has 8 heteroatoms. The maximum absolute atomic E-state index is 12.4. The highest BCUT2D eigenvalue weighted by molar-refractivity contribution is 5.94. The van der Waals surface area contributed by atoms with Crippen LogP contribution in [0.5, 0.6) is 0 Å². The molecule has 8 nitrogen and oxygen atoms in total. The second kappa shape index (κ2) is 7.00. The number of amides is 1. The molecule has 0 atom stereocenters. The largest absolute Gasteiger partial charge is 0.463 e. The first kappa shape index (κ1) is 16.4. The quantitative estimate of drug-likeness (QED) is 0.548. The fourth-order valence-corrected chi connectivity index (χ4v) is 2.33. The normalized spacial score (nSPS) is 10.6. The van der Waals surface area contributed by atoms with E-state index in [1.54, 1.807) is 30.3 Å². The summed E-state index contributed by atoms with van der Waals surface area (Å²) in [4.78, 5) is 22.8. The van der Waals surface area contributed by atoms with Crippen LogP contribution in [-0.2, 0) is 0 Å². The molecular weight excluding hydrogens is 324 g/mol. The van der Waals surface area contributed by atoms with Gasteiger partial charge in [0.1, 0.15) is 11.4 Å². The van der Waals surface area contributed by atoms with Crippen molar-refractivity contribution in [2.45, 2.75) is 13.3 Å². The fourth-order valence-electron chi connectivity index (χ4n) is 2.33. The number of hydrogen-bond acceptors (Lipinski definition) is 5. The number of furan rings is 1. The third-order valence-electron chi connectivity index (χ3n) is 3.56. The molecule has 1 aromatic carbocycles. The van der Waals surface area contributed by atoms with Crippen molar-refractivity contribution >= 4 is 11.6 Å². The fraction of sp³-hybridized carbons (Fsp3) is 0.176. The molecule has 0 aliphatic heterocycles. The Balaban J connectivity index is 2.03. The smallest absolute Gasteiger partial charge is 0.270 e. The second-order valence-corrected chi connectivity index (χ2v) is 5.33. The topological polar surface area (TPSA) is 103 Å². The average molecular weight is 340 g/mol. The van der Waals surface area contributed by atoms with Gasteiger partial charge < -0.3 is 9.73 Å². The van der Waals surface area contributed by atoms with Gasteiger partial charge in [-0.25, -0.2) is 4.68 Å². The van der Waals surface area contributed by atoms with Gasteiger partial charge in [0.05, 0.1) is 16.9 Å². The third kappa shape index (κ3) is 3.42. The van der Waals surface area contributed by atoms with Crippen molar-refractivity contribution in [1.29, 1.82) is 0 Å². The number of nitro benzene ring substituents is 1. The monoisotopic (exact) mass is 340 g/mol. The Labute approximate surface area is 143 Å². The van der Waals surface area contributed by atoms with Crippen LogP contribution in [0.3, 0.4) is 0 Å². The van der Waals surface area contributed by atoms with Gasteiger partial charge in [-0.15, -0.1) is 0 Å². The first-order chi connectivity index (χ1) is 12.1. The summed E-state index contributed by atoms with van der Waals surface area (Å²) in [6.45, 7) is 2.50. The van der Waals surface area contributed by atoms with Crippen molar-refractivity contribution < 1.29 is 14.1 Å². The van der Waals surface area contributed by atoms with Crippen molar-refractivity contribution in [1.82, 2.24) is 15.1 Å². The molecule has 0 saturated heterocycles. The molecule has 3 rings (SSSR count). The van der Waals surface area contributed by atoms with E-state index in [1.165, 1.54) is 23.1 Å². The molecule has 0 bridgehead atoms. The number of nitrogens with one attached hydrogen (secondary N) is 1. The summed E-state index contributed by atoms with van der Waals surface area (Å²) in [5, 5.41) is 18.0. The highest BCUT2D eigenvalue weighted by atomic mass is 16.6. The van der Waals surface area contributed by atoms with E-state index in [0.29, 0.717) is 29.4 Å². The number of nitro groups is 1. The van der Waals surface area contributed by atoms with Crippen molar-refractivity contribution in [3.63, 3.8) is 0 Å². The summed E-state index contributed by atoms with van der Waals surface area (Å²) in [6, 6.07) is 11.0. The van der Waals surface area contributed by atoms with Crippen LogP contribution in [0.1, 0.15) is 23.8 Å². The molecule has 2 aromatic heterocycles. The summed E-state index contributed by atoms with van der Waals surface area (Å²) in [6.07, 6.45) is 2.33. The number of aromatic nitrogens is 2. The average Bonchev–Trinajstić information content (AvgIpc) is 3.29. The summed E-state index contributed by atoms with van der Waals surface area (Å²) in [5.74, 6) is 0.260. The van der Waals surface area contributed by atoms with Gasteiger partial charge >= 0.3 is 0 Å². The van der Waals surface area contributed by atoms with Gasteiger partial charge in [0.15, 0.2) is 5.76 Å². The number of non-ortho nitro benzene ring substituents is 1. The molecule has 1 N–H and O–H groups in total. The van der Waals surface area contributed by atoms with Crippen molar-refractivity contribution in [2.75, 3.05) is 6.54 Å². The van der Waals surface area contributed by atoms with Gasteiger partial charge in [-0.2, -0.15) is 5.10 Å². The molecule has 0 spiro atoms. The molecule has 0 unspecified atom stereocenters. The Hall–Kier alpha value is -3.42. The molecule has 0 saturated carbocycles. The standard InChI is InChI=1S/C17H16N4O4/c1-2-9-18-17(22)15-11-14(16-4-3-10-25-16)19-20(15)12-5-7-13(8-6-12)21(23)24/h3-8,10-11H,2,9H2,1H3,(H,18,22). The molecule has 0 fully saturated rings. The Morgan fingerprint density at radius 2 is 2.08 bits per heavy atom. The van der Waals surface area contributed by atoms with E-state index < -0.39 is 4.92 Å². The second-order valence-electron chi connectivity index (χ2n) is 5.33.